The lowest BCUT2D eigenvalue weighted by Crippen LogP contribution is -2.49. The molecule has 8 heteroatoms. The number of piperazine rings is 1. The summed E-state index contributed by atoms with van der Waals surface area (Å²) < 4.78 is 2.90. The van der Waals surface area contributed by atoms with Gasteiger partial charge in [-0.05, 0) is 79.3 Å². The van der Waals surface area contributed by atoms with Crippen LogP contribution in [0.15, 0.2) is 36.4 Å². The van der Waals surface area contributed by atoms with Crippen molar-refractivity contribution >= 4 is 34.3 Å². The van der Waals surface area contributed by atoms with E-state index in [1.807, 2.05) is 59.8 Å². The summed E-state index contributed by atoms with van der Waals surface area (Å²) in [7, 11) is 0. The maximum Gasteiger partial charge on any atom is 0.254 e. The lowest BCUT2D eigenvalue weighted by Gasteiger charge is -2.35. The number of carbonyl (C=O) groups is 1. The molecule has 1 aliphatic rings. The van der Waals surface area contributed by atoms with Crippen LogP contribution in [0.2, 0.25) is 0 Å². The second kappa shape index (κ2) is 8.10. The normalized spacial score (nSPS) is 14.3. The molecule has 3 heterocycles. The Bertz CT molecular complexity index is 1040. The number of hydrogen-bond acceptors (Lipinski definition) is 5. The zero-order valence-corrected chi connectivity index (χ0v) is 18.9. The topological polar surface area (TPSA) is 67.2 Å². The lowest BCUT2D eigenvalue weighted by atomic mass is 10.2. The summed E-state index contributed by atoms with van der Waals surface area (Å²) in [6.45, 7) is 8.92. The van der Waals surface area contributed by atoms with Gasteiger partial charge in [0.1, 0.15) is 0 Å². The SMILES string of the molecule is Cc1nn(-c2ccc(N3CCN(C(=O)c4cccc(I)c4)CC3)nn2)c(C)c1C. The lowest BCUT2D eigenvalue weighted by molar-refractivity contribution is 0.0746. The first-order chi connectivity index (χ1) is 13.9. The van der Waals surface area contributed by atoms with Gasteiger partial charge in [0.15, 0.2) is 11.6 Å². The van der Waals surface area contributed by atoms with E-state index in [2.05, 4.69) is 49.7 Å². The van der Waals surface area contributed by atoms with Gasteiger partial charge in [0.25, 0.3) is 5.91 Å². The van der Waals surface area contributed by atoms with Crippen molar-refractivity contribution < 1.29 is 4.79 Å². The minimum atomic E-state index is 0.0875. The predicted octanol–water partition coefficient (Wildman–Crippen LogP) is 3.15. The van der Waals surface area contributed by atoms with Crippen molar-refractivity contribution in [1.82, 2.24) is 24.9 Å². The summed E-state index contributed by atoms with van der Waals surface area (Å²) in [5.41, 5.74) is 3.99. The van der Waals surface area contributed by atoms with E-state index in [4.69, 9.17) is 0 Å². The predicted molar refractivity (Wildman–Crippen MR) is 121 cm³/mol. The molecule has 2 aromatic heterocycles. The van der Waals surface area contributed by atoms with E-state index < -0.39 is 0 Å². The van der Waals surface area contributed by atoms with Crippen LogP contribution in [0, 0.1) is 24.3 Å². The molecule has 0 saturated carbocycles. The van der Waals surface area contributed by atoms with E-state index >= 15 is 0 Å². The van der Waals surface area contributed by atoms with Crippen LogP contribution in [0.1, 0.15) is 27.3 Å². The first-order valence-electron chi connectivity index (χ1n) is 9.61. The van der Waals surface area contributed by atoms with Gasteiger partial charge in [-0.25, -0.2) is 4.68 Å². The highest BCUT2D eigenvalue weighted by molar-refractivity contribution is 14.1. The van der Waals surface area contributed by atoms with Crippen LogP contribution in [0.4, 0.5) is 5.82 Å². The fourth-order valence-corrected chi connectivity index (χ4v) is 4.03. The highest BCUT2D eigenvalue weighted by Gasteiger charge is 2.23. The zero-order valence-electron chi connectivity index (χ0n) is 16.8. The van der Waals surface area contributed by atoms with Crippen molar-refractivity contribution in [3.05, 3.63) is 62.5 Å². The molecular weight excluding hydrogens is 479 g/mol. The van der Waals surface area contributed by atoms with Gasteiger partial charge < -0.3 is 9.80 Å². The van der Waals surface area contributed by atoms with Crippen LogP contribution in [0.5, 0.6) is 0 Å². The number of hydrogen-bond donors (Lipinski definition) is 0. The first kappa shape index (κ1) is 19.8. The second-order valence-electron chi connectivity index (χ2n) is 7.25. The maximum atomic E-state index is 12.7. The van der Waals surface area contributed by atoms with Crippen molar-refractivity contribution in [2.24, 2.45) is 0 Å². The first-order valence-corrected chi connectivity index (χ1v) is 10.7. The smallest absolute Gasteiger partial charge is 0.254 e. The molecule has 0 atom stereocenters. The van der Waals surface area contributed by atoms with Gasteiger partial charge in [0.05, 0.1) is 5.69 Å². The fraction of sp³-hybridized carbons (Fsp3) is 0.333. The Morgan fingerprint density at radius 2 is 1.66 bits per heavy atom. The van der Waals surface area contributed by atoms with Crippen LogP contribution in [0.25, 0.3) is 5.82 Å². The summed E-state index contributed by atoms with van der Waals surface area (Å²) in [6, 6.07) is 11.6. The zero-order chi connectivity index (χ0) is 20.5. The number of amides is 1. The summed E-state index contributed by atoms with van der Waals surface area (Å²) in [4.78, 5) is 16.8. The number of anilines is 1. The molecule has 7 nitrogen and oxygen atoms in total. The van der Waals surface area contributed by atoms with Gasteiger partial charge in [-0.2, -0.15) is 5.10 Å². The molecule has 0 aliphatic carbocycles. The Labute approximate surface area is 183 Å². The summed E-state index contributed by atoms with van der Waals surface area (Å²) in [6.07, 6.45) is 0. The van der Waals surface area contributed by atoms with E-state index in [0.717, 1.165) is 45.2 Å². The standard InChI is InChI=1S/C21H23IN6O/c1-14-15(2)25-28(16(14)3)20-8-7-19(23-24-20)26-9-11-27(12-10-26)21(29)17-5-4-6-18(22)13-17/h4-8,13H,9-12H2,1-3H3. The number of halogens is 1. The molecule has 1 aliphatic heterocycles. The van der Waals surface area contributed by atoms with Crippen molar-refractivity contribution in [3.8, 4) is 5.82 Å². The van der Waals surface area contributed by atoms with E-state index in [-0.39, 0.29) is 5.91 Å². The minimum absolute atomic E-state index is 0.0875. The Kier molecular flexibility index (Phi) is 5.53. The highest BCUT2D eigenvalue weighted by Crippen LogP contribution is 2.19. The van der Waals surface area contributed by atoms with E-state index in [9.17, 15) is 4.79 Å². The van der Waals surface area contributed by atoms with E-state index in [1.165, 1.54) is 5.56 Å². The molecule has 4 rings (SSSR count). The molecule has 0 unspecified atom stereocenters. The number of benzene rings is 1. The van der Waals surface area contributed by atoms with Crippen LogP contribution in [-0.2, 0) is 0 Å². The van der Waals surface area contributed by atoms with Crippen LogP contribution >= 0.6 is 22.6 Å². The average Bonchev–Trinajstić information content (AvgIpc) is 3.01. The molecule has 1 amide bonds. The second-order valence-corrected chi connectivity index (χ2v) is 8.49. The average molecular weight is 502 g/mol. The molecule has 0 radical (unpaired) electrons. The van der Waals surface area contributed by atoms with Crippen molar-refractivity contribution in [1.29, 1.82) is 0 Å². The Morgan fingerprint density at radius 1 is 0.966 bits per heavy atom. The monoisotopic (exact) mass is 502 g/mol. The van der Waals surface area contributed by atoms with Crippen molar-refractivity contribution in [3.63, 3.8) is 0 Å². The molecule has 0 spiro atoms. The molecule has 1 fully saturated rings. The van der Waals surface area contributed by atoms with Gasteiger partial charge in [0, 0.05) is 41.0 Å². The number of nitrogens with zero attached hydrogens (tertiary/aromatic N) is 6. The molecule has 29 heavy (non-hydrogen) atoms. The van der Waals surface area contributed by atoms with Gasteiger partial charge in [0.2, 0.25) is 0 Å². The molecule has 150 valence electrons. The Hall–Kier alpha value is -2.49. The number of rotatable bonds is 3. The molecule has 0 bridgehead atoms. The van der Waals surface area contributed by atoms with Crippen LogP contribution in [0.3, 0.4) is 0 Å². The van der Waals surface area contributed by atoms with Crippen LogP contribution in [-0.4, -0.2) is 57.0 Å². The van der Waals surface area contributed by atoms with Crippen LogP contribution < -0.4 is 4.90 Å². The van der Waals surface area contributed by atoms with Crippen molar-refractivity contribution in [2.75, 3.05) is 31.1 Å². The van der Waals surface area contributed by atoms with Crippen molar-refractivity contribution in [2.45, 2.75) is 20.8 Å². The quantitative estimate of drug-likeness (QED) is 0.515. The van der Waals surface area contributed by atoms with E-state index in [0.29, 0.717) is 13.1 Å². The third kappa shape index (κ3) is 3.98. The van der Waals surface area contributed by atoms with Gasteiger partial charge in [-0.1, -0.05) is 6.07 Å². The molecule has 1 aromatic carbocycles. The fourth-order valence-electron chi connectivity index (χ4n) is 3.49. The van der Waals surface area contributed by atoms with Gasteiger partial charge in [-0.3, -0.25) is 4.79 Å². The maximum absolute atomic E-state index is 12.7. The molecule has 0 N–H and O–H groups in total. The largest absolute Gasteiger partial charge is 0.352 e. The van der Waals surface area contributed by atoms with E-state index in [1.54, 1.807) is 0 Å². The third-order valence-electron chi connectivity index (χ3n) is 5.47. The highest BCUT2D eigenvalue weighted by atomic mass is 127. The number of aryl methyl sites for hydroxylation is 1. The number of aromatic nitrogens is 4. The summed E-state index contributed by atoms with van der Waals surface area (Å²) in [5, 5.41) is 13.3. The summed E-state index contributed by atoms with van der Waals surface area (Å²) >= 11 is 2.23. The molecule has 1 saturated heterocycles. The molecular formula is C21H23IN6O. The third-order valence-corrected chi connectivity index (χ3v) is 6.14. The Morgan fingerprint density at radius 3 is 2.24 bits per heavy atom. The minimum Gasteiger partial charge on any atom is -0.352 e. The summed E-state index contributed by atoms with van der Waals surface area (Å²) in [5.74, 6) is 1.63. The number of carbonyl (C=O) groups excluding carboxylic acids is 1. The molecule has 3 aromatic rings. The van der Waals surface area contributed by atoms with Gasteiger partial charge >= 0.3 is 0 Å². The van der Waals surface area contributed by atoms with Gasteiger partial charge in [-0.15, -0.1) is 10.2 Å². The Balaban J connectivity index is 1.42.